The molecule has 6 heteroatoms. The number of rotatable bonds is 5. The Bertz CT molecular complexity index is 583. The zero-order valence-electron chi connectivity index (χ0n) is 13.0. The molecule has 0 bridgehead atoms. The number of hydrogen-bond acceptors (Lipinski definition) is 2. The molecule has 1 aromatic carbocycles. The minimum absolute atomic E-state index is 0.190. The summed E-state index contributed by atoms with van der Waals surface area (Å²) in [4.78, 5) is 23.3. The first-order valence-corrected chi connectivity index (χ1v) is 7.90. The van der Waals surface area contributed by atoms with E-state index in [1.807, 2.05) is 6.92 Å². The Morgan fingerprint density at radius 1 is 1.22 bits per heavy atom. The first kappa shape index (κ1) is 17.4. The van der Waals surface area contributed by atoms with Crippen LogP contribution in [0.25, 0.3) is 0 Å². The number of carboxylic acids is 1. The first-order chi connectivity index (χ1) is 10.9. The monoisotopic (exact) mass is 325 g/mol. The van der Waals surface area contributed by atoms with Crippen molar-refractivity contribution in [1.29, 1.82) is 0 Å². The van der Waals surface area contributed by atoms with E-state index in [-0.39, 0.29) is 23.3 Å². The molecule has 1 unspecified atom stereocenters. The predicted octanol–water partition coefficient (Wildman–Crippen LogP) is 3.42. The van der Waals surface area contributed by atoms with Crippen LogP contribution in [0.15, 0.2) is 18.2 Å². The van der Waals surface area contributed by atoms with Crippen LogP contribution in [0.4, 0.5) is 8.78 Å². The Labute approximate surface area is 133 Å². The number of hydrogen-bond donors (Lipinski definition) is 2. The highest BCUT2D eigenvalue weighted by Gasteiger charge is 2.30. The quantitative estimate of drug-likeness (QED) is 0.872. The second-order valence-electron chi connectivity index (χ2n) is 6.02. The summed E-state index contributed by atoms with van der Waals surface area (Å²) in [6.45, 7) is 1.81. The summed E-state index contributed by atoms with van der Waals surface area (Å²) in [6.07, 6.45) is 2.49. The van der Waals surface area contributed by atoms with Crippen molar-refractivity contribution < 1.29 is 23.5 Å². The maximum atomic E-state index is 13.9. The molecule has 1 saturated carbocycles. The third kappa shape index (κ3) is 4.27. The molecule has 23 heavy (non-hydrogen) atoms. The van der Waals surface area contributed by atoms with Gasteiger partial charge in [0.25, 0.3) is 0 Å². The maximum absolute atomic E-state index is 13.9. The van der Waals surface area contributed by atoms with E-state index in [4.69, 9.17) is 5.11 Å². The van der Waals surface area contributed by atoms with Gasteiger partial charge in [-0.1, -0.05) is 13.0 Å². The molecule has 4 nitrogen and oxygen atoms in total. The third-order valence-corrected chi connectivity index (χ3v) is 4.51. The number of aliphatic carboxylic acids is 1. The van der Waals surface area contributed by atoms with E-state index in [1.165, 1.54) is 12.1 Å². The van der Waals surface area contributed by atoms with Crippen molar-refractivity contribution in [2.45, 2.75) is 45.1 Å². The molecule has 0 spiro atoms. The van der Waals surface area contributed by atoms with Crippen LogP contribution in [0, 0.1) is 23.5 Å². The topological polar surface area (TPSA) is 66.4 Å². The number of carbonyl (C=O) groups is 2. The van der Waals surface area contributed by atoms with E-state index in [9.17, 15) is 18.4 Å². The minimum Gasteiger partial charge on any atom is -0.481 e. The lowest BCUT2D eigenvalue weighted by Crippen LogP contribution is -2.36. The predicted molar refractivity (Wildman–Crippen MR) is 80.6 cm³/mol. The zero-order chi connectivity index (χ0) is 17.0. The molecule has 1 atom stereocenters. The summed E-state index contributed by atoms with van der Waals surface area (Å²) in [6, 6.07) is 2.81. The van der Waals surface area contributed by atoms with Crippen LogP contribution in [0.1, 0.15) is 50.6 Å². The van der Waals surface area contributed by atoms with Crippen molar-refractivity contribution in [3.05, 3.63) is 35.4 Å². The van der Waals surface area contributed by atoms with Crippen LogP contribution in [0.5, 0.6) is 0 Å². The van der Waals surface area contributed by atoms with Gasteiger partial charge in [0.2, 0.25) is 5.91 Å². The third-order valence-electron chi connectivity index (χ3n) is 4.51. The Balaban J connectivity index is 1.99. The van der Waals surface area contributed by atoms with E-state index in [0.29, 0.717) is 32.1 Å². The fourth-order valence-corrected chi connectivity index (χ4v) is 3.08. The first-order valence-electron chi connectivity index (χ1n) is 7.90. The lowest BCUT2D eigenvalue weighted by Gasteiger charge is -2.27. The van der Waals surface area contributed by atoms with Crippen molar-refractivity contribution in [3.63, 3.8) is 0 Å². The summed E-state index contributed by atoms with van der Waals surface area (Å²) >= 11 is 0. The standard InChI is InChI=1S/C17H21F2NO3/c1-2-15(13-8-7-12(18)9-14(13)19)20-16(21)10-3-5-11(6-4-10)17(22)23/h7-11,15H,2-6H2,1H3,(H,20,21)(H,22,23). The van der Waals surface area contributed by atoms with Crippen molar-refractivity contribution in [2.75, 3.05) is 0 Å². The van der Waals surface area contributed by atoms with Gasteiger partial charge in [0.05, 0.1) is 12.0 Å². The van der Waals surface area contributed by atoms with Gasteiger partial charge in [-0.3, -0.25) is 9.59 Å². The van der Waals surface area contributed by atoms with Gasteiger partial charge < -0.3 is 10.4 Å². The molecule has 1 aromatic rings. The number of nitrogens with one attached hydrogen (secondary N) is 1. The van der Waals surface area contributed by atoms with Gasteiger partial charge in [0, 0.05) is 17.5 Å². The molecule has 1 aliphatic rings. The van der Waals surface area contributed by atoms with Crippen molar-refractivity contribution >= 4 is 11.9 Å². The molecule has 0 saturated heterocycles. The second-order valence-corrected chi connectivity index (χ2v) is 6.02. The van der Waals surface area contributed by atoms with Gasteiger partial charge in [-0.15, -0.1) is 0 Å². The number of halogens is 2. The van der Waals surface area contributed by atoms with Crippen LogP contribution < -0.4 is 5.32 Å². The summed E-state index contributed by atoms with van der Waals surface area (Å²) in [5.74, 6) is -2.96. The second kappa shape index (κ2) is 7.53. The molecule has 2 N–H and O–H groups in total. The Morgan fingerprint density at radius 2 is 1.83 bits per heavy atom. The number of carbonyl (C=O) groups excluding carboxylic acids is 1. The molecule has 1 aliphatic carbocycles. The number of amides is 1. The molecule has 0 radical (unpaired) electrons. The average Bonchev–Trinajstić information content (AvgIpc) is 2.53. The minimum atomic E-state index is -0.816. The highest BCUT2D eigenvalue weighted by atomic mass is 19.1. The summed E-state index contributed by atoms with van der Waals surface area (Å²) in [7, 11) is 0. The van der Waals surface area contributed by atoms with Crippen LogP contribution >= 0.6 is 0 Å². The highest BCUT2D eigenvalue weighted by molar-refractivity contribution is 5.79. The molecular weight excluding hydrogens is 304 g/mol. The van der Waals surface area contributed by atoms with E-state index < -0.39 is 23.6 Å². The van der Waals surface area contributed by atoms with Gasteiger partial charge in [-0.2, -0.15) is 0 Å². The Kier molecular flexibility index (Phi) is 5.69. The fraction of sp³-hybridized carbons (Fsp3) is 0.529. The molecule has 0 aromatic heterocycles. The summed E-state index contributed by atoms with van der Waals surface area (Å²) in [5, 5.41) is 11.8. The smallest absolute Gasteiger partial charge is 0.306 e. The van der Waals surface area contributed by atoms with E-state index in [2.05, 4.69) is 5.32 Å². The van der Waals surface area contributed by atoms with Crippen molar-refractivity contribution in [2.24, 2.45) is 11.8 Å². The number of benzene rings is 1. The van der Waals surface area contributed by atoms with Gasteiger partial charge in [0.1, 0.15) is 11.6 Å². The largest absolute Gasteiger partial charge is 0.481 e. The van der Waals surface area contributed by atoms with E-state index in [1.54, 1.807) is 0 Å². The van der Waals surface area contributed by atoms with Gasteiger partial charge in [0.15, 0.2) is 0 Å². The van der Waals surface area contributed by atoms with Crippen molar-refractivity contribution in [1.82, 2.24) is 5.32 Å². The average molecular weight is 325 g/mol. The van der Waals surface area contributed by atoms with Crippen molar-refractivity contribution in [3.8, 4) is 0 Å². The molecule has 2 rings (SSSR count). The SMILES string of the molecule is CCC(NC(=O)C1CCC(C(=O)O)CC1)c1ccc(F)cc1F. The molecular formula is C17H21F2NO3. The Hall–Kier alpha value is -1.98. The Morgan fingerprint density at radius 3 is 2.35 bits per heavy atom. The normalized spacial score (nSPS) is 22.4. The molecule has 0 aliphatic heterocycles. The molecule has 1 amide bonds. The lowest BCUT2D eigenvalue weighted by atomic mass is 9.81. The van der Waals surface area contributed by atoms with Gasteiger partial charge in [-0.25, -0.2) is 8.78 Å². The van der Waals surface area contributed by atoms with Crippen LogP contribution in [0.3, 0.4) is 0 Å². The molecule has 126 valence electrons. The molecule has 0 heterocycles. The van der Waals surface area contributed by atoms with Crippen LogP contribution in [0.2, 0.25) is 0 Å². The fourth-order valence-electron chi connectivity index (χ4n) is 3.08. The molecule has 1 fully saturated rings. The van der Waals surface area contributed by atoms with Crippen LogP contribution in [-0.2, 0) is 9.59 Å². The highest BCUT2D eigenvalue weighted by Crippen LogP contribution is 2.30. The van der Waals surface area contributed by atoms with E-state index in [0.717, 1.165) is 6.07 Å². The zero-order valence-corrected chi connectivity index (χ0v) is 13.0. The summed E-state index contributed by atoms with van der Waals surface area (Å²) in [5.41, 5.74) is 0.265. The number of carboxylic acid groups (broad SMARTS) is 1. The van der Waals surface area contributed by atoms with E-state index >= 15 is 0 Å². The van der Waals surface area contributed by atoms with Gasteiger partial charge >= 0.3 is 5.97 Å². The maximum Gasteiger partial charge on any atom is 0.306 e. The summed E-state index contributed by atoms with van der Waals surface area (Å²) < 4.78 is 26.9. The van der Waals surface area contributed by atoms with Gasteiger partial charge in [-0.05, 0) is 38.2 Å². The lowest BCUT2D eigenvalue weighted by molar-refractivity contribution is -0.144. The van der Waals surface area contributed by atoms with Crippen LogP contribution in [-0.4, -0.2) is 17.0 Å².